The molecule has 0 spiro atoms. The zero-order valence-electron chi connectivity index (χ0n) is 13.2. The van der Waals surface area contributed by atoms with Crippen LogP contribution in [-0.4, -0.2) is 23.6 Å². The number of aromatic nitrogens is 2. The molecule has 0 fully saturated rings. The minimum absolute atomic E-state index is 0.107. The minimum atomic E-state index is -2.84. The fourth-order valence-corrected chi connectivity index (χ4v) is 2.47. The summed E-state index contributed by atoms with van der Waals surface area (Å²) in [5.41, 5.74) is 8.05. The van der Waals surface area contributed by atoms with Gasteiger partial charge < -0.3 is 15.4 Å². The van der Waals surface area contributed by atoms with E-state index in [4.69, 9.17) is 5.73 Å². The first-order valence-corrected chi connectivity index (χ1v) is 7.26. The van der Waals surface area contributed by atoms with E-state index < -0.39 is 6.61 Å². The normalized spacial score (nSPS) is 11.0. The molecule has 0 unspecified atom stereocenters. The number of nitrogens with zero attached hydrogens (tertiary/aromatic N) is 3. The van der Waals surface area contributed by atoms with Crippen LogP contribution >= 0.6 is 0 Å². The summed E-state index contributed by atoms with van der Waals surface area (Å²) in [6.07, 6.45) is 0. The largest absolute Gasteiger partial charge is 0.435 e. The van der Waals surface area contributed by atoms with Crippen molar-refractivity contribution in [3.63, 3.8) is 0 Å². The van der Waals surface area contributed by atoms with Crippen LogP contribution in [0.2, 0.25) is 0 Å². The highest BCUT2D eigenvalue weighted by Gasteiger charge is 2.13. The SMILES string of the molecule is Cc1nc(N(C)c2ccc(OC(F)F)cc2)c2cc(N)ccc2n1. The van der Waals surface area contributed by atoms with Crippen molar-refractivity contribution in [2.75, 3.05) is 17.7 Å². The van der Waals surface area contributed by atoms with Gasteiger partial charge in [0.25, 0.3) is 0 Å². The lowest BCUT2D eigenvalue weighted by Crippen LogP contribution is -2.13. The Morgan fingerprint density at radius 3 is 2.46 bits per heavy atom. The van der Waals surface area contributed by atoms with E-state index in [1.54, 1.807) is 18.2 Å². The number of nitrogens with two attached hydrogens (primary N) is 1. The molecule has 0 aliphatic heterocycles. The highest BCUT2D eigenvalue weighted by molar-refractivity contribution is 5.93. The van der Waals surface area contributed by atoms with Crippen LogP contribution in [0.15, 0.2) is 42.5 Å². The Bertz CT molecular complexity index is 868. The van der Waals surface area contributed by atoms with Gasteiger partial charge in [-0.15, -0.1) is 0 Å². The number of nitrogen functional groups attached to an aromatic ring is 1. The quantitative estimate of drug-likeness (QED) is 0.735. The number of benzene rings is 2. The molecule has 1 aromatic heterocycles. The molecule has 0 aliphatic carbocycles. The van der Waals surface area contributed by atoms with Gasteiger partial charge in [-0.3, -0.25) is 0 Å². The van der Waals surface area contributed by atoms with E-state index >= 15 is 0 Å². The average Bonchev–Trinajstić information content (AvgIpc) is 2.54. The first-order valence-electron chi connectivity index (χ1n) is 7.26. The molecule has 1 heterocycles. The molecule has 0 atom stereocenters. The van der Waals surface area contributed by atoms with Gasteiger partial charge in [-0.2, -0.15) is 8.78 Å². The fraction of sp³-hybridized carbons (Fsp3) is 0.176. The van der Waals surface area contributed by atoms with E-state index in [0.717, 1.165) is 16.6 Å². The van der Waals surface area contributed by atoms with Crippen molar-refractivity contribution in [1.82, 2.24) is 9.97 Å². The first-order chi connectivity index (χ1) is 11.4. The molecule has 0 bridgehead atoms. The number of ether oxygens (including phenoxy) is 1. The van der Waals surface area contributed by atoms with Crippen LogP contribution < -0.4 is 15.4 Å². The van der Waals surface area contributed by atoms with Gasteiger partial charge in [0.15, 0.2) is 0 Å². The van der Waals surface area contributed by atoms with Crippen LogP contribution in [0.4, 0.5) is 26.0 Å². The van der Waals surface area contributed by atoms with Crippen molar-refractivity contribution in [2.45, 2.75) is 13.5 Å². The summed E-state index contributed by atoms with van der Waals surface area (Å²) in [5.74, 6) is 1.43. The Labute approximate surface area is 137 Å². The molecule has 0 saturated heterocycles. The average molecular weight is 330 g/mol. The molecule has 24 heavy (non-hydrogen) atoms. The maximum atomic E-state index is 12.2. The van der Waals surface area contributed by atoms with Crippen molar-refractivity contribution < 1.29 is 13.5 Å². The topological polar surface area (TPSA) is 64.3 Å². The number of hydrogen-bond acceptors (Lipinski definition) is 5. The summed E-state index contributed by atoms with van der Waals surface area (Å²) in [4.78, 5) is 10.8. The zero-order chi connectivity index (χ0) is 17.3. The standard InChI is InChI=1S/C17H16F2N4O/c1-10-21-15-8-3-11(20)9-14(15)16(22-10)23(2)12-4-6-13(7-5-12)24-17(18)19/h3-9,17H,20H2,1-2H3. The number of aryl methyl sites for hydroxylation is 1. The van der Waals surface area contributed by atoms with E-state index in [1.165, 1.54) is 12.1 Å². The van der Waals surface area contributed by atoms with Crippen LogP contribution in [0.1, 0.15) is 5.82 Å². The second kappa shape index (κ2) is 6.27. The third-order valence-corrected chi connectivity index (χ3v) is 3.58. The van der Waals surface area contributed by atoms with E-state index in [-0.39, 0.29) is 5.75 Å². The number of anilines is 3. The van der Waals surface area contributed by atoms with Gasteiger partial charge in [0.05, 0.1) is 5.52 Å². The van der Waals surface area contributed by atoms with Crippen LogP contribution in [0.25, 0.3) is 10.9 Å². The summed E-state index contributed by atoms with van der Waals surface area (Å²) in [7, 11) is 1.84. The third kappa shape index (κ3) is 3.19. The van der Waals surface area contributed by atoms with Gasteiger partial charge in [-0.05, 0) is 49.4 Å². The van der Waals surface area contributed by atoms with E-state index in [0.29, 0.717) is 17.3 Å². The summed E-state index contributed by atoms with van der Waals surface area (Å²) in [6, 6.07) is 11.8. The molecule has 3 aromatic rings. The Morgan fingerprint density at radius 1 is 1.08 bits per heavy atom. The minimum Gasteiger partial charge on any atom is -0.435 e. The van der Waals surface area contributed by atoms with Gasteiger partial charge in [-0.1, -0.05) is 0 Å². The fourth-order valence-electron chi connectivity index (χ4n) is 2.47. The van der Waals surface area contributed by atoms with E-state index in [2.05, 4.69) is 14.7 Å². The number of fused-ring (bicyclic) bond motifs is 1. The maximum absolute atomic E-state index is 12.2. The smallest absolute Gasteiger partial charge is 0.387 e. The summed E-state index contributed by atoms with van der Waals surface area (Å²) < 4.78 is 28.8. The second-order valence-corrected chi connectivity index (χ2v) is 5.30. The predicted octanol–water partition coefficient (Wildman–Crippen LogP) is 3.89. The summed E-state index contributed by atoms with van der Waals surface area (Å²) in [5, 5.41) is 0.816. The Hall–Kier alpha value is -2.96. The predicted molar refractivity (Wildman–Crippen MR) is 89.8 cm³/mol. The summed E-state index contributed by atoms with van der Waals surface area (Å²) in [6.45, 7) is -1.03. The number of halogens is 2. The molecule has 7 heteroatoms. The highest BCUT2D eigenvalue weighted by Crippen LogP contribution is 2.31. The van der Waals surface area contributed by atoms with Crippen LogP contribution in [0, 0.1) is 6.92 Å². The number of rotatable bonds is 4. The molecule has 2 aromatic carbocycles. The number of hydrogen-bond donors (Lipinski definition) is 1. The lowest BCUT2D eigenvalue weighted by molar-refractivity contribution is -0.0498. The molecule has 0 saturated carbocycles. The molecule has 0 radical (unpaired) electrons. The van der Waals surface area contributed by atoms with Crippen molar-refractivity contribution in [1.29, 1.82) is 0 Å². The molecule has 0 amide bonds. The van der Waals surface area contributed by atoms with Gasteiger partial charge in [0.1, 0.15) is 17.4 Å². The van der Waals surface area contributed by atoms with Gasteiger partial charge >= 0.3 is 6.61 Å². The molecule has 5 nitrogen and oxygen atoms in total. The Balaban J connectivity index is 2.01. The molecule has 124 valence electrons. The van der Waals surface area contributed by atoms with E-state index in [1.807, 2.05) is 31.0 Å². The molecular formula is C17H16F2N4O. The molecule has 3 rings (SSSR count). The van der Waals surface area contributed by atoms with Crippen LogP contribution in [0.3, 0.4) is 0 Å². The van der Waals surface area contributed by atoms with Crippen molar-refractivity contribution >= 4 is 28.1 Å². The maximum Gasteiger partial charge on any atom is 0.387 e. The molecule has 0 aliphatic rings. The Morgan fingerprint density at radius 2 is 1.79 bits per heavy atom. The van der Waals surface area contributed by atoms with Crippen LogP contribution in [0.5, 0.6) is 5.75 Å². The van der Waals surface area contributed by atoms with Crippen LogP contribution in [-0.2, 0) is 0 Å². The van der Waals surface area contributed by atoms with Gasteiger partial charge in [0, 0.05) is 23.8 Å². The first kappa shape index (κ1) is 15.9. The molecule has 2 N–H and O–H groups in total. The Kier molecular flexibility index (Phi) is 4.16. The van der Waals surface area contributed by atoms with Crippen molar-refractivity contribution in [3.05, 3.63) is 48.3 Å². The monoisotopic (exact) mass is 330 g/mol. The third-order valence-electron chi connectivity index (χ3n) is 3.58. The number of alkyl halides is 2. The van der Waals surface area contributed by atoms with E-state index in [9.17, 15) is 8.78 Å². The lowest BCUT2D eigenvalue weighted by Gasteiger charge is -2.21. The molecular weight excluding hydrogens is 314 g/mol. The van der Waals surface area contributed by atoms with Gasteiger partial charge in [-0.25, -0.2) is 9.97 Å². The highest BCUT2D eigenvalue weighted by atomic mass is 19.3. The van der Waals surface area contributed by atoms with Crippen molar-refractivity contribution in [2.24, 2.45) is 0 Å². The zero-order valence-corrected chi connectivity index (χ0v) is 13.2. The summed E-state index contributed by atoms with van der Waals surface area (Å²) >= 11 is 0. The second-order valence-electron chi connectivity index (χ2n) is 5.30. The lowest BCUT2D eigenvalue weighted by atomic mass is 10.2. The van der Waals surface area contributed by atoms with Gasteiger partial charge in [0.2, 0.25) is 0 Å². The van der Waals surface area contributed by atoms with Crippen molar-refractivity contribution in [3.8, 4) is 5.75 Å².